The lowest BCUT2D eigenvalue weighted by Crippen LogP contribution is -2.46. The van der Waals surface area contributed by atoms with Crippen LogP contribution in [0.1, 0.15) is 36.5 Å². The van der Waals surface area contributed by atoms with Crippen LogP contribution in [0.5, 0.6) is 0 Å². The van der Waals surface area contributed by atoms with Gasteiger partial charge in [-0.05, 0) is 44.1 Å². The van der Waals surface area contributed by atoms with Crippen molar-refractivity contribution < 1.29 is 4.74 Å². The summed E-state index contributed by atoms with van der Waals surface area (Å²) in [6.45, 7) is 6.17. The van der Waals surface area contributed by atoms with E-state index < -0.39 is 0 Å². The summed E-state index contributed by atoms with van der Waals surface area (Å²) >= 11 is 0. The quantitative estimate of drug-likeness (QED) is 0.421. The first-order chi connectivity index (χ1) is 14.2. The van der Waals surface area contributed by atoms with Gasteiger partial charge in [-0.15, -0.1) is 10.2 Å². The first kappa shape index (κ1) is 21.3. The number of benzene rings is 1. The van der Waals surface area contributed by atoms with E-state index in [4.69, 9.17) is 9.73 Å². The fourth-order valence-corrected chi connectivity index (χ4v) is 3.72. The summed E-state index contributed by atoms with van der Waals surface area (Å²) in [5.41, 5.74) is 1.44. The molecule has 2 heterocycles. The fraction of sp³-hybridized carbons (Fsp3) is 0.591. The molecule has 158 valence electrons. The molecular formula is C22H34N6O. The third-order valence-electron chi connectivity index (χ3n) is 5.64. The Morgan fingerprint density at radius 1 is 1.21 bits per heavy atom. The van der Waals surface area contributed by atoms with Crippen LogP contribution >= 0.6 is 0 Å². The van der Waals surface area contributed by atoms with E-state index in [1.54, 1.807) is 7.11 Å². The molecule has 1 aliphatic rings. The Morgan fingerprint density at radius 2 is 1.97 bits per heavy atom. The minimum atomic E-state index is 0.536. The normalized spacial score (nSPS) is 15.7. The molecule has 0 radical (unpaired) electrons. The molecule has 0 saturated carbocycles. The molecule has 1 fully saturated rings. The number of methoxy groups -OCH3 is 1. The Balaban J connectivity index is 1.58. The Kier molecular flexibility index (Phi) is 8.04. The van der Waals surface area contributed by atoms with Crippen LogP contribution in [-0.4, -0.2) is 59.0 Å². The number of aliphatic imine (C=N–C) groups is 1. The van der Waals surface area contributed by atoms with Crippen molar-refractivity contribution in [2.45, 2.75) is 39.2 Å². The van der Waals surface area contributed by atoms with E-state index in [9.17, 15) is 0 Å². The van der Waals surface area contributed by atoms with Crippen molar-refractivity contribution in [1.29, 1.82) is 0 Å². The van der Waals surface area contributed by atoms with Crippen molar-refractivity contribution in [2.24, 2.45) is 18.0 Å². The number of hydrogen-bond acceptors (Lipinski definition) is 4. The Labute approximate surface area is 174 Å². The molecule has 7 heteroatoms. The molecule has 0 spiro atoms. The van der Waals surface area contributed by atoms with Gasteiger partial charge in [0.1, 0.15) is 12.4 Å². The lowest BCUT2D eigenvalue weighted by Gasteiger charge is -2.34. The Hall–Kier alpha value is -2.41. The highest BCUT2D eigenvalue weighted by atomic mass is 16.5. The number of ether oxygens (including phenoxy) is 1. The molecule has 2 aromatic rings. The van der Waals surface area contributed by atoms with Gasteiger partial charge in [0.2, 0.25) is 0 Å². The van der Waals surface area contributed by atoms with Gasteiger partial charge in [-0.3, -0.25) is 0 Å². The van der Waals surface area contributed by atoms with Crippen molar-refractivity contribution in [3.8, 4) is 0 Å². The molecule has 1 aromatic heterocycles. The highest BCUT2D eigenvalue weighted by Crippen LogP contribution is 2.21. The van der Waals surface area contributed by atoms with Crippen LogP contribution in [-0.2, 0) is 24.8 Å². The monoisotopic (exact) mass is 398 g/mol. The van der Waals surface area contributed by atoms with Gasteiger partial charge in [-0.1, -0.05) is 30.3 Å². The summed E-state index contributed by atoms with van der Waals surface area (Å²) < 4.78 is 7.17. The summed E-state index contributed by atoms with van der Waals surface area (Å²) in [5.74, 6) is 3.51. The molecule has 1 N–H and O–H groups in total. The van der Waals surface area contributed by atoms with Crippen LogP contribution in [0.2, 0.25) is 0 Å². The predicted molar refractivity (Wildman–Crippen MR) is 116 cm³/mol. The average molecular weight is 399 g/mol. The number of likely N-dealkylation sites (tertiary alicyclic amines) is 1. The van der Waals surface area contributed by atoms with E-state index in [-0.39, 0.29) is 0 Å². The van der Waals surface area contributed by atoms with Gasteiger partial charge in [0.05, 0.1) is 0 Å². The highest BCUT2D eigenvalue weighted by molar-refractivity contribution is 5.80. The van der Waals surface area contributed by atoms with Crippen molar-refractivity contribution >= 4 is 5.96 Å². The molecule has 0 unspecified atom stereocenters. The zero-order chi connectivity index (χ0) is 20.5. The minimum absolute atomic E-state index is 0.536. The average Bonchev–Trinajstić information content (AvgIpc) is 3.07. The second kappa shape index (κ2) is 11.0. The van der Waals surface area contributed by atoms with Crippen LogP contribution in [0.4, 0.5) is 0 Å². The van der Waals surface area contributed by atoms with Crippen LogP contribution in [0.15, 0.2) is 35.3 Å². The Morgan fingerprint density at radius 3 is 2.62 bits per heavy atom. The number of nitrogens with zero attached hydrogens (tertiary/aromatic N) is 5. The van der Waals surface area contributed by atoms with E-state index in [0.29, 0.717) is 6.54 Å². The number of aryl methyl sites for hydroxylation is 1. The molecule has 0 aliphatic carbocycles. The zero-order valence-corrected chi connectivity index (χ0v) is 18.0. The molecule has 7 nitrogen and oxygen atoms in total. The molecule has 0 amide bonds. The molecule has 29 heavy (non-hydrogen) atoms. The van der Waals surface area contributed by atoms with Gasteiger partial charge in [0.25, 0.3) is 0 Å². The third-order valence-corrected chi connectivity index (χ3v) is 5.64. The van der Waals surface area contributed by atoms with Crippen LogP contribution in [0.25, 0.3) is 0 Å². The van der Waals surface area contributed by atoms with Gasteiger partial charge < -0.3 is 19.5 Å². The number of rotatable bonds is 8. The number of guanidine groups is 1. The number of hydrogen-bond donors (Lipinski definition) is 1. The SMILES string of the molecule is COCCCNC(=NCc1nnc(C)n1C)N1CCC(Cc2ccccc2)CC1. The summed E-state index contributed by atoms with van der Waals surface area (Å²) in [6, 6.07) is 10.8. The lowest BCUT2D eigenvalue weighted by molar-refractivity contribution is 0.195. The molecule has 0 bridgehead atoms. The van der Waals surface area contributed by atoms with Crippen molar-refractivity contribution in [3.05, 3.63) is 47.5 Å². The largest absolute Gasteiger partial charge is 0.385 e. The van der Waals surface area contributed by atoms with E-state index >= 15 is 0 Å². The zero-order valence-electron chi connectivity index (χ0n) is 18.0. The van der Waals surface area contributed by atoms with Crippen molar-refractivity contribution in [1.82, 2.24) is 25.0 Å². The molecule has 0 atom stereocenters. The van der Waals surface area contributed by atoms with Gasteiger partial charge >= 0.3 is 0 Å². The van der Waals surface area contributed by atoms with E-state index in [2.05, 4.69) is 50.7 Å². The molecule has 1 saturated heterocycles. The predicted octanol–water partition coefficient (Wildman–Crippen LogP) is 2.56. The van der Waals surface area contributed by atoms with Gasteiger partial charge in [0, 0.05) is 40.4 Å². The van der Waals surface area contributed by atoms with Gasteiger partial charge in [-0.2, -0.15) is 0 Å². The second-order valence-electron chi connectivity index (χ2n) is 7.76. The summed E-state index contributed by atoms with van der Waals surface area (Å²) in [7, 11) is 3.73. The number of aromatic nitrogens is 3. The second-order valence-corrected chi connectivity index (χ2v) is 7.76. The van der Waals surface area contributed by atoms with Gasteiger partial charge in [-0.25, -0.2) is 4.99 Å². The van der Waals surface area contributed by atoms with Crippen LogP contribution in [0, 0.1) is 12.8 Å². The maximum absolute atomic E-state index is 5.17. The standard InChI is InChI=1S/C22H34N6O/c1-18-25-26-21(27(18)2)17-24-22(23-12-7-15-29-3)28-13-10-20(11-14-28)16-19-8-5-4-6-9-19/h4-6,8-9,20H,7,10-17H2,1-3H3,(H,23,24). The highest BCUT2D eigenvalue weighted by Gasteiger charge is 2.22. The molecular weight excluding hydrogens is 364 g/mol. The maximum Gasteiger partial charge on any atom is 0.194 e. The summed E-state index contributed by atoms with van der Waals surface area (Å²) in [4.78, 5) is 7.25. The molecule has 1 aromatic carbocycles. The number of nitrogens with one attached hydrogen (secondary N) is 1. The maximum atomic E-state index is 5.17. The first-order valence-corrected chi connectivity index (χ1v) is 10.6. The van der Waals surface area contributed by atoms with Crippen molar-refractivity contribution in [2.75, 3.05) is 33.4 Å². The van der Waals surface area contributed by atoms with E-state index in [1.165, 1.54) is 24.8 Å². The van der Waals surface area contributed by atoms with E-state index in [1.807, 2.05) is 18.5 Å². The molecule has 1 aliphatic heterocycles. The van der Waals surface area contributed by atoms with Crippen molar-refractivity contribution in [3.63, 3.8) is 0 Å². The summed E-state index contributed by atoms with van der Waals surface area (Å²) in [6.07, 6.45) is 4.51. The van der Waals surface area contributed by atoms with Crippen LogP contribution in [0.3, 0.4) is 0 Å². The smallest absolute Gasteiger partial charge is 0.194 e. The fourth-order valence-electron chi connectivity index (χ4n) is 3.72. The Bertz CT molecular complexity index is 765. The van der Waals surface area contributed by atoms with Crippen LogP contribution < -0.4 is 5.32 Å². The molecule has 3 rings (SSSR count). The summed E-state index contributed by atoms with van der Waals surface area (Å²) in [5, 5.41) is 11.9. The number of piperidine rings is 1. The first-order valence-electron chi connectivity index (χ1n) is 10.6. The third kappa shape index (κ3) is 6.29. The van der Waals surface area contributed by atoms with Gasteiger partial charge in [0.15, 0.2) is 11.8 Å². The van der Waals surface area contributed by atoms with E-state index in [0.717, 1.165) is 56.2 Å². The lowest BCUT2D eigenvalue weighted by atomic mass is 9.90. The topological polar surface area (TPSA) is 67.6 Å². The minimum Gasteiger partial charge on any atom is -0.385 e.